The second-order valence-electron chi connectivity index (χ2n) is 6.91. The molecule has 2 heterocycles. The van der Waals surface area contributed by atoms with Crippen LogP contribution in [0, 0.1) is 13.8 Å². The summed E-state index contributed by atoms with van der Waals surface area (Å²) >= 11 is 6.10. The van der Waals surface area contributed by atoms with E-state index in [-0.39, 0.29) is 16.9 Å². The highest BCUT2D eigenvalue weighted by Gasteiger charge is 2.14. The third-order valence-corrected chi connectivity index (χ3v) is 4.93. The van der Waals surface area contributed by atoms with Crippen molar-refractivity contribution in [2.45, 2.75) is 13.8 Å². The molecule has 2 N–H and O–H groups in total. The Labute approximate surface area is 177 Å². The van der Waals surface area contributed by atoms with Crippen LogP contribution in [0.2, 0.25) is 5.02 Å². The number of phenols is 1. The second kappa shape index (κ2) is 8.00. The van der Waals surface area contributed by atoms with Gasteiger partial charge in [0.1, 0.15) is 22.7 Å². The molecule has 0 bridgehead atoms. The topological polar surface area (TPSA) is 87.7 Å². The summed E-state index contributed by atoms with van der Waals surface area (Å²) in [6, 6.07) is 15.2. The van der Waals surface area contributed by atoms with Crippen molar-refractivity contribution >= 4 is 40.0 Å². The molecule has 4 rings (SSSR count). The van der Waals surface area contributed by atoms with Crippen molar-refractivity contribution in [2.75, 3.05) is 5.32 Å². The number of hydrogen-bond donors (Lipinski definition) is 2. The fourth-order valence-corrected chi connectivity index (χ4v) is 3.01. The maximum atomic E-state index is 13.0. The maximum absolute atomic E-state index is 13.0. The summed E-state index contributed by atoms with van der Waals surface area (Å²) in [7, 11) is 0. The summed E-state index contributed by atoms with van der Waals surface area (Å²) in [6.07, 6.45) is 1.67. The maximum Gasteiger partial charge on any atom is 0.262 e. The number of nitrogens with one attached hydrogen (secondary N) is 1. The fraction of sp³-hybridized carbons (Fsp3) is 0.0870. The second-order valence-corrected chi connectivity index (χ2v) is 7.31. The van der Waals surface area contributed by atoms with Crippen molar-refractivity contribution in [2.24, 2.45) is 4.99 Å². The molecular formula is C23H18ClN3O3. The summed E-state index contributed by atoms with van der Waals surface area (Å²) in [5, 5.41) is 13.8. The van der Waals surface area contributed by atoms with Crippen LogP contribution in [0.1, 0.15) is 21.5 Å². The Morgan fingerprint density at radius 2 is 1.93 bits per heavy atom. The highest BCUT2D eigenvalue weighted by molar-refractivity contribution is 6.31. The molecular weight excluding hydrogens is 402 g/mol. The zero-order valence-corrected chi connectivity index (χ0v) is 17.1. The molecule has 0 saturated carbocycles. The molecule has 30 heavy (non-hydrogen) atoms. The summed E-state index contributed by atoms with van der Waals surface area (Å²) in [6.45, 7) is 3.79. The molecule has 0 spiro atoms. The van der Waals surface area contributed by atoms with E-state index in [0.717, 1.165) is 11.1 Å². The van der Waals surface area contributed by atoms with Crippen molar-refractivity contribution < 1.29 is 14.3 Å². The van der Waals surface area contributed by atoms with Gasteiger partial charge in [0.05, 0.1) is 5.69 Å². The molecule has 0 aliphatic carbocycles. The number of halogens is 1. The van der Waals surface area contributed by atoms with Gasteiger partial charge in [-0.3, -0.25) is 4.79 Å². The zero-order chi connectivity index (χ0) is 21.3. The number of benzene rings is 2. The summed E-state index contributed by atoms with van der Waals surface area (Å²) in [5.74, 6) is 0.0693. The van der Waals surface area contributed by atoms with Crippen molar-refractivity contribution in [3.63, 3.8) is 0 Å². The molecule has 0 radical (unpaired) electrons. The number of aryl methyl sites for hydroxylation is 2. The van der Waals surface area contributed by atoms with Gasteiger partial charge >= 0.3 is 0 Å². The van der Waals surface area contributed by atoms with E-state index in [1.54, 1.807) is 42.6 Å². The predicted octanol–water partition coefficient (Wildman–Crippen LogP) is 5.29. The van der Waals surface area contributed by atoms with Gasteiger partial charge in [-0.2, -0.15) is 0 Å². The molecule has 6 nitrogen and oxygen atoms in total. The Kier molecular flexibility index (Phi) is 5.25. The molecule has 1 amide bonds. The minimum absolute atomic E-state index is 0.0561. The van der Waals surface area contributed by atoms with E-state index in [1.807, 2.05) is 19.9 Å². The Hall–Kier alpha value is -3.64. The van der Waals surface area contributed by atoms with Crippen molar-refractivity contribution in [1.29, 1.82) is 0 Å². The van der Waals surface area contributed by atoms with Gasteiger partial charge < -0.3 is 14.8 Å². The third kappa shape index (κ3) is 4.18. The van der Waals surface area contributed by atoms with E-state index in [9.17, 15) is 9.90 Å². The Bertz CT molecular complexity index is 1330. The Morgan fingerprint density at radius 1 is 1.10 bits per heavy atom. The van der Waals surface area contributed by atoms with Gasteiger partial charge in [0.15, 0.2) is 0 Å². The molecule has 0 unspecified atom stereocenters. The number of carbonyl (C=O) groups excluding carboxylic acids is 1. The molecule has 2 aromatic heterocycles. The van der Waals surface area contributed by atoms with Crippen molar-refractivity contribution in [3.8, 4) is 5.75 Å². The molecule has 7 heteroatoms. The van der Waals surface area contributed by atoms with Gasteiger partial charge in [-0.15, -0.1) is 0 Å². The van der Waals surface area contributed by atoms with Gasteiger partial charge in [0.2, 0.25) is 5.55 Å². The van der Waals surface area contributed by atoms with Crippen molar-refractivity contribution in [3.05, 3.63) is 88.1 Å². The smallest absolute Gasteiger partial charge is 0.262 e. The lowest BCUT2D eigenvalue weighted by Crippen LogP contribution is -2.22. The molecule has 0 atom stereocenters. The number of aromatic hydroxyl groups is 1. The lowest BCUT2D eigenvalue weighted by atomic mass is 10.1. The normalized spacial score (nSPS) is 11.6. The minimum atomic E-state index is -0.408. The number of pyridine rings is 1. The minimum Gasteiger partial charge on any atom is -0.508 e. The van der Waals surface area contributed by atoms with Gasteiger partial charge in [-0.05, 0) is 67.4 Å². The lowest BCUT2D eigenvalue weighted by molar-refractivity contribution is 0.102. The van der Waals surface area contributed by atoms with Gasteiger partial charge in [0, 0.05) is 22.7 Å². The van der Waals surface area contributed by atoms with Gasteiger partial charge in [-0.25, -0.2) is 9.98 Å². The quantitative estimate of drug-likeness (QED) is 0.472. The number of anilines is 1. The van der Waals surface area contributed by atoms with E-state index in [2.05, 4.69) is 15.3 Å². The average molecular weight is 420 g/mol. The van der Waals surface area contributed by atoms with Crippen LogP contribution in [0.3, 0.4) is 0 Å². The van der Waals surface area contributed by atoms with E-state index < -0.39 is 5.91 Å². The van der Waals surface area contributed by atoms with Crippen LogP contribution < -0.4 is 10.9 Å². The molecule has 0 fully saturated rings. The summed E-state index contributed by atoms with van der Waals surface area (Å²) in [5.41, 5.74) is 3.18. The van der Waals surface area contributed by atoms with E-state index >= 15 is 0 Å². The molecule has 4 aromatic rings. The average Bonchev–Trinajstić information content (AvgIpc) is 2.72. The van der Waals surface area contributed by atoms with Gasteiger partial charge in [0.25, 0.3) is 5.91 Å². The summed E-state index contributed by atoms with van der Waals surface area (Å²) in [4.78, 5) is 21.7. The first-order valence-corrected chi connectivity index (χ1v) is 9.58. The Morgan fingerprint density at radius 3 is 2.67 bits per heavy atom. The first-order chi connectivity index (χ1) is 14.4. The molecule has 0 aliphatic heterocycles. The predicted molar refractivity (Wildman–Crippen MR) is 116 cm³/mol. The van der Waals surface area contributed by atoms with Crippen LogP contribution >= 0.6 is 11.6 Å². The number of phenolic OH excluding ortho intramolecular Hbond substituents is 1. The molecule has 150 valence electrons. The number of nitrogens with zero attached hydrogens (tertiary/aromatic N) is 2. The first kappa shape index (κ1) is 19.7. The van der Waals surface area contributed by atoms with E-state index in [0.29, 0.717) is 27.5 Å². The van der Waals surface area contributed by atoms with Crippen LogP contribution in [-0.4, -0.2) is 16.0 Å². The highest BCUT2D eigenvalue weighted by atomic mass is 35.5. The first-order valence-electron chi connectivity index (χ1n) is 9.21. The van der Waals surface area contributed by atoms with Crippen LogP contribution in [0.25, 0.3) is 11.0 Å². The van der Waals surface area contributed by atoms with E-state index in [4.69, 9.17) is 16.0 Å². The number of carbonyl (C=O) groups is 1. The lowest BCUT2D eigenvalue weighted by Gasteiger charge is -2.07. The van der Waals surface area contributed by atoms with Crippen LogP contribution in [-0.2, 0) is 0 Å². The largest absolute Gasteiger partial charge is 0.508 e. The van der Waals surface area contributed by atoms with Crippen molar-refractivity contribution in [1.82, 2.24) is 4.98 Å². The zero-order valence-electron chi connectivity index (χ0n) is 16.3. The van der Waals surface area contributed by atoms with Gasteiger partial charge in [-0.1, -0.05) is 17.7 Å². The number of rotatable bonds is 3. The van der Waals surface area contributed by atoms with Crippen LogP contribution in [0.4, 0.5) is 11.5 Å². The fourth-order valence-electron chi connectivity index (χ4n) is 2.89. The molecule has 0 aliphatic rings. The number of aromatic nitrogens is 1. The Balaban J connectivity index is 1.85. The standard InChI is InChI=1S/C23H18ClN3O3/c1-13-3-8-21(25-12-13)27-22(29)18-10-15-4-6-17(28)11-20(15)30-23(18)26-16-5-7-19(24)14(2)9-16/h3-12,28H,1-2H3,(H,25,27,29). The van der Waals surface area contributed by atoms with Crippen LogP contribution in [0.15, 0.2) is 70.2 Å². The third-order valence-electron chi connectivity index (χ3n) is 4.50. The molecule has 0 saturated heterocycles. The summed E-state index contributed by atoms with van der Waals surface area (Å²) < 4.78 is 5.88. The van der Waals surface area contributed by atoms with Crippen LogP contribution in [0.5, 0.6) is 5.75 Å². The number of hydrogen-bond acceptors (Lipinski definition) is 5. The number of amides is 1. The molecule has 2 aromatic carbocycles. The number of fused-ring (bicyclic) bond motifs is 1. The monoisotopic (exact) mass is 419 g/mol. The SMILES string of the molecule is Cc1ccc(NC(=O)c2cc3ccc(O)cc3oc2=Nc2ccc(Cl)c(C)c2)nc1. The highest BCUT2D eigenvalue weighted by Crippen LogP contribution is 2.23. The van der Waals surface area contributed by atoms with E-state index in [1.165, 1.54) is 12.1 Å².